The quantitative estimate of drug-likeness (QED) is 0.839. The van der Waals surface area contributed by atoms with Gasteiger partial charge in [0.15, 0.2) is 10.9 Å². The van der Waals surface area contributed by atoms with Crippen molar-refractivity contribution in [2.45, 2.75) is 38.6 Å². The Bertz CT molecular complexity index is 839. The van der Waals surface area contributed by atoms with Gasteiger partial charge < -0.3 is 15.1 Å². The van der Waals surface area contributed by atoms with E-state index in [0.29, 0.717) is 34.4 Å². The lowest BCUT2D eigenvalue weighted by Crippen LogP contribution is -2.35. The highest BCUT2D eigenvalue weighted by Gasteiger charge is 2.34. The number of nitrogens with one attached hydrogen (secondary N) is 2. The Morgan fingerprint density at radius 2 is 2.08 bits per heavy atom. The van der Waals surface area contributed by atoms with Gasteiger partial charge in [-0.1, -0.05) is 17.8 Å². The molecular formula is C18H19N3O4S. The minimum atomic E-state index is -0.442. The summed E-state index contributed by atoms with van der Waals surface area (Å²) >= 11 is 1.21. The number of carbonyl (C=O) groups excluding carboxylic acids is 3. The van der Waals surface area contributed by atoms with Gasteiger partial charge in [0, 0.05) is 18.8 Å². The van der Waals surface area contributed by atoms with Gasteiger partial charge >= 0.3 is 0 Å². The molecule has 8 heteroatoms. The minimum Gasteiger partial charge on any atom is -0.467 e. The largest absolute Gasteiger partial charge is 0.467 e. The van der Waals surface area contributed by atoms with Crippen LogP contribution >= 0.6 is 11.3 Å². The summed E-state index contributed by atoms with van der Waals surface area (Å²) in [6.45, 7) is 0.295. The van der Waals surface area contributed by atoms with Crippen molar-refractivity contribution in [2.24, 2.45) is 11.8 Å². The number of carbonyl (C=O) groups is 3. The first kappa shape index (κ1) is 17.0. The molecular weight excluding hydrogens is 354 g/mol. The van der Waals surface area contributed by atoms with Crippen LogP contribution in [0.5, 0.6) is 0 Å². The molecule has 4 rings (SSSR count). The lowest BCUT2D eigenvalue weighted by molar-refractivity contribution is -0.125. The molecule has 2 aliphatic carbocycles. The molecule has 136 valence electrons. The summed E-state index contributed by atoms with van der Waals surface area (Å²) < 4.78 is 5.19. The summed E-state index contributed by atoms with van der Waals surface area (Å²) in [6, 6.07) is 3.54. The molecule has 2 aromatic heterocycles. The fraction of sp³-hybridized carbons (Fsp3) is 0.444. The average molecular weight is 373 g/mol. The Kier molecular flexibility index (Phi) is 4.58. The second kappa shape index (κ2) is 7.03. The zero-order chi connectivity index (χ0) is 18.1. The molecule has 2 amide bonds. The third kappa shape index (κ3) is 3.41. The number of hydrogen-bond acceptors (Lipinski definition) is 6. The summed E-state index contributed by atoms with van der Waals surface area (Å²) in [4.78, 5) is 41.8. The highest BCUT2D eigenvalue weighted by atomic mass is 32.1. The number of rotatable bonds is 5. The summed E-state index contributed by atoms with van der Waals surface area (Å²) in [7, 11) is 0. The van der Waals surface area contributed by atoms with Crippen molar-refractivity contribution in [3.63, 3.8) is 0 Å². The predicted octanol–water partition coefficient (Wildman–Crippen LogP) is 2.54. The molecule has 0 bridgehead atoms. The molecule has 2 aromatic rings. The zero-order valence-corrected chi connectivity index (χ0v) is 14.9. The number of anilines is 1. The van der Waals surface area contributed by atoms with Gasteiger partial charge in [-0.05, 0) is 25.0 Å². The second-order valence-electron chi connectivity index (χ2n) is 6.74. The van der Waals surface area contributed by atoms with E-state index in [-0.39, 0.29) is 29.9 Å². The van der Waals surface area contributed by atoms with Gasteiger partial charge in [0.05, 0.1) is 29.3 Å². The first-order valence-corrected chi connectivity index (χ1v) is 9.55. The first-order chi connectivity index (χ1) is 12.6. The van der Waals surface area contributed by atoms with Crippen LogP contribution in [0, 0.1) is 11.8 Å². The molecule has 7 nitrogen and oxygen atoms in total. The van der Waals surface area contributed by atoms with E-state index >= 15 is 0 Å². The molecule has 1 fully saturated rings. The van der Waals surface area contributed by atoms with E-state index in [1.807, 2.05) is 0 Å². The fourth-order valence-electron chi connectivity index (χ4n) is 3.18. The SMILES string of the molecule is O=C1CC(C(=O)NCc2ccco2)Cc2nc(NC(=O)C3CCC3)sc21. The summed E-state index contributed by atoms with van der Waals surface area (Å²) in [5.41, 5.74) is 0.605. The Morgan fingerprint density at radius 3 is 2.77 bits per heavy atom. The number of amides is 2. The van der Waals surface area contributed by atoms with Crippen LogP contribution in [0.1, 0.15) is 46.8 Å². The van der Waals surface area contributed by atoms with Crippen molar-refractivity contribution in [1.29, 1.82) is 0 Å². The molecule has 0 aromatic carbocycles. The Labute approximate surface area is 154 Å². The molecule has 0 radical (unpaired) electrons. The average Bonchev–Trinajstić information content (AvgIpc) is 3.20. The monoisotopic (exact) mass is 373 g/mol. The van der Waals surface area contributed by atoms with E-state index in [1.165, 1.54) is 11.3 Å². The Hall–Kier alpha value is -2.48. The molecule has 2 heterocycles. The van der Waals surface area contributed by atoms with Crippen molar-refractivity contribution in [2.75, 3.05) is 5.32 Å². The zero-order valence-electron chi connectivity index (χ0n) is 14.1. The van der Waals surface area contributed by atoms with Gasteiger partial charge in [0.1, 0.15) is 5.76 Å². The molecule has 0 saturated heterocycles. The maximum Gasteiger partial charge on any atom is 0.229 e. The van der Waals surface area contributed by atoms with Crippen LogP contribution in [0.2, 0.25) is 0 Å². The Morgan fingerprint density at radius 1 is 1.23 bits per heavy atom. The van der Waals surface area contributed by atoms with E-state index in [4.69, 9.17) is 4.42 Å². The van der Waals surface area contributed by atoms with E-state index < -0.39 is 5.92 Å². The number of thiazole rings is 1. The maximum atomic E-state index is 12.4. The van der Waals surface area contributed by atoms with Crippen molar-refractivity contribution in [1.82, 2.24) is 10.3 Å². The first-order valence-electron chi connectivity index (χ1n) is 8.74. The highest BCUT2D eigenvalue weighted by Crippen LogP contribution is 2.34. The van der Waals surface area contributed by atoms with E-state index in [2.05, 4.69) is 15.6 Å². The second-order valence-corrected chi connectivity index (χ2v) is 7.74. The number of ketones is 1. The summed E-state index contributed by atoms with van der Waals surface area (Å²) in [5.74, 6) is -0.0214. The Balaban J connectivity index is 1.40. The van der Waals surface area contributed by atoms with Crippen LogP contribution in [0.15, 0.2) is 22.8 Å². The smallest absolute Gasteiger partial charge is 0.229 e. The molecule has 0 spiro atoms. The van der Waals surface area contributed by atoms with Crippen LogP contribution < -0.4 is 10.6 Å². The van der Waals surface area contributed by atoms with Crippen molar-refractivity contribution in [3.05, 3.63) is 34.7 Å². The predicted molar refractivity (Wildman–Crippen MR) is 94.8 cm³/mol. The van der Waals surface area contributed by atoms with Crippen LogP contribution in [0.25, 0.3) is 0 Å². The van der Waals surface area contributed by atoms with Gasteiger partial charge in [-0.25, -0.2) is 4.98 Å². The van der Waals surface area contributed by atoms with Crippen LogP contribution in [-0.4, -0.2) is 22.6 Å². The highest BCUT2D eigenvalue weighted by molar-refractivity contribution is 7.17. The number of nitrogens with zero attached hydrogens (tertiary/aromatic N) is 1. The van der Waals surface area contributed by atoms with Crippen LogP contribution in [0.4, 0.5) is 5.13 Å². The molecule has 1 unspecified atom stereocenters. The number of Topliss-reactive ketones (excluding diaryl/α,β-unsaturated/α-hetero) is 1. The number of fused-ring (bicyclic) bond motifs is 1. The molecule has 26 heavy (non-hydrogen) atoms. The normalized spacial score (nSPS) is 19.5. The van der Waals surface area contributed by atoms with Crippen molar-refractivity contribution in [3.8, 4) is 0 Å². The minimum absolute atomic E-state index is 0.0254. The lowest BCUT2D eigenvalue weighted by atomic mass is 9.85. The fourth-order valence-corrected chi connectivity index (χ4v) is 4.12. The number of furan rings is 1. The third-order valence-corrected chi connectivity index (χ3v) is 5.97. The maximum absolute atomic E-state index is 12.4. The number of hydrogen-bond donors (Lipinski definition) is 2. The summed E-state index contributed by atoms with van der Waals surface area (Å²) in [5, 5.41) is 6.06. The van der Waals surface area contributed by atoms with E-state index in [0.717, 1.165) is 19.3 Å². The van der Waals surface area contributed by atoms with Gasteiger partial charge in [-0.15, -0.1) is 0 Å². The summed E-state index contributed by atoms with van der Waals surface area (Å²) in [6.07, 6.45) is 5.02. The van der Waals surface area contributed by atoms with Gasteiger partial charge in [0.2, 0.25) is 11.8 Å². The van der Waals surface area contributed by atoms with Crippen LogP contribution in [0.3, 0.4) is 0 Å². The molecule has 1 atom stereocenters. The molecule has 0 aliphatic heterocycles. The standard InChI is InChI=1S/C18H19N3O4S/c22-14-8-11(16(23)19-9-12-5-2-6-25-12)7-13-15(14)26-18(20-13)21-17(24)10-3-1-4-10/h2,5-6,10-11H,1,3-4,7-9H2,(H,19,23)(H,20,21,24). The van der Waals surface area contributed by atoms with Crippen LogP contribution in [-0.2, 0) is 22.6 Å². The van der Waals surface area contributed by atoms with Gasteiger partial charge in [0.25, 0.3) is 0 Å². The lowest BCUT2D eigenvalue weighted by Gasteiger charge is -2.23. The third-order valence-electron chi connectivity index (χ3n) is 4.92. The molecule has 1 saturated carbocycles. The molecule has 2 N–H and O–H groups in total. The number of aromatic nitrogens is 1. The van der Waals surface area contributed by atoms with E-state index in [9.17, 15) is 14.4 Å². The molecule has 2 aliphatic rings. The topological polar surface area (TPSA) is 101 Å². The van der Waals surface area contributed by atoms with Crippen molar-refractivity contribution >= 4 is 34.1 Å². The van der Waals surface area contributed by atoms with Gasteiger partial charge in [-0.2, -0.15) is 0 Å². The van der Waals surface area contributed by atoms with Gasteiger partial charge in [-0.3, -0.25) is 14.4 Å². The van der Waals surface area contributed by atoms with E-state index in [1.54, 1.807) is 18.4 Å². The van der Waals surface area contributed by atoms with Crippen molar-refractivity contribution < 1.29 is 18.8 Å².